The number of hydrogen-bond acceptors (Lipinski definition) is 3. The number of H-pyrrole nitrogens is 1. The summed E-state index contributed by atoms with van der Waals surface area (Å²) >= 11 is 0. The molecule has 1 saturated heterocycles. The molecule has 0 saturated carbocycles. The first-order valence-corrected chi connectivity index (χ1v) is 7.56. The minimum absolute atomic E-state index is 0.201. The SMILES string of the molecule is NC(=O)CCCN1CCN(c2cccc3[nH]ccc23)CC1. The van der Waals surface area contributed by atoms with Gasteiger partial charge < -0.3 is 15.6 Å². The number of primary amides is 1. The van der Waals surface area contributed by atoms with Crippen LogP contribution in [0.15, 0.2) is 30.5 Å². The first kappa shape index (κ1) is 13.9. The van der Waals surface area contributed by atoms with Crippen molar-refractivity contribution in [1.29, 1.82) is 0 Å². The second kappa shape index (κ2) is 6.18. The molecular formula is C16H22N4O. The molecule has 2 heterocycles. The molecule has 21 heavy (non-hydrogen) atoms. The molecule has 2 aromatic rings. The lowest BCUT2D eigenvalue weighted by molar-refractivity contribution is -0.118. The largest absolute Gasteiger partial charge is 0.370 e. The first-order chi connectivity index (χ1) is 10.2. The Morgan fingerprint density at radius 1 is 1.19 bits per heavy atom. The number of anilines is 1. The second-order valence-corrected chi connectivity index (χ2v) is 5.61. The fourth-order valence-corrected chi connectivity index (χ4v) is 3.03. The van der Waals surface area contributed by atoms with Gasteiger partial charge in [-0.2, -0.15) is 0 Å². The van der Waals surface area contributed by atoms with Crippen LogP contribution >= 0.6 is 0 Å². The van der Waals surface area contributed by atoms with Crippen molar-refractivity contribution in [1.82, 2.24) is 9.88 Å². The van der Waals surface area contributed by atoms with E-state index < -0.39 is 0 Å². The Morgan fingerprint density at radius 2 is 2.00 bits per heavy atom. The van der Waals surface area contributed by atoms with E-state index in [-0.39, 0.29) is 5.91 Å². The number of aromatic nitrogens is 1. The number of nitrogens with one attached hydrogen (secondary N) is 1. The number of carbonyl (C=O) groups is 1. The first-order valence-electron chi connectivity index (χ1n) is 7.56. The minimum atomic E-state index is -0.201. The van der Waals surface area contributed by atoms with E-state index in [1.165, 1.54) is 16.6 Å². The van der Waals surface area contributed by atoms with E-state index in [1.54, 1.807) is 0 Å². The highest BCUT2D eigenvalue weighted by molar-refractivity contribution is 5.92. The maximum absolute atomic E-state index is 10.8. The van der Waals surface area contributed by atoms with Gasteiger partial charge in [-0.3, -0.25) is 9.69 Å². The van der Waals surface area contributed by atoms with E-state index in [4.69, 9.17) is 5.73 Å². The highest BCUT2D eigenvalue weighted by Gasteiger charge is 2.18. The Balaban J connectivity index is 1.58. The number of nitrogens with two attached hydrogens (primary N) is 1. The van der Waals surface area contributed by atoms with Crippen molar-refractivity contribution in [3.05, 3.63) is 30.5 Å². The van der Waals surface area contributed by atoms with Crippen LogP contribution in [0.5, 0.6) is 0 Å². The van der Waals surface area contributed by atoms with Crippen molar-refractivity contribution >= 4 is 22.5 Å². The lowest BCUT2D eigenvalue weighted by atomic mass is 10.1. The summed E-state index contributed by atoms with van der Waals surface area (Å²) in [7, 11) is 0. The number of fused-ring (bicyclic) bond motifs is 1. The highest BCUT2D eigenvalue weighted by atomic mass is 16.1. The van der Waals surface area contributed by atoms with E-state index in [0.717, 1.165) is 39.1 Å². The fraction of sp³-hybridized carbons (Fsp3) is 0.438. The molecule has 0 atom stereocenters. The van der Waals surface area contributed by atoms with E-state index in [9.17, 15) is 4.79 Å². The number of hydrogen-bond donors (Lipinski definition) is 2. The third-order valence-electron chi connectivity index (χ3n) is 4.18. The van der Waals surface area contributed by atoms with Crippen LogP contribution in [0, 0.1) is 0 Å². The molecule has 1 aliphatic rings. The molecule has 3 N–H and O–H groups in total. The monoisotopic (exact) mass is 286 g/mol. The molecule has 0 bridgehead atoms. The summed E-state index contributed by atoms with van der Waals surface area (Å²) in [6.07, 6.45) is 3.35. The van der Waals surface area contributed by atoms with E-state index in [2.05, 4.69) is 39.0 Å². The average Bonchev–Trinajstić information content (AvgIpc) is 2.96. The lowest BCUT2D eigenvalue weighted by Crippen LogP contribution is -2.46. The Hall–Kier alpha value is -2.01. The third-order valence-corrected chi connectivity index (χ3v) is 4.18. The molecule has 1 aromatic carbocycles. The molecule has 3 rings (SSSR count). The average molecular weight is 286 g/mol. The van der Waals surface area contributed by atoms with Gasteiger partial charge in [0, 0.05) is 55.4 Å². The smallest absolute Gasteiger partial charge is 0.217 e. The maximum Gasteiger partial charge on any atom is 0.217 e. The van der Waals surface area contributed by atoms with Crippen molar-refractivity contribution in [2.45, 2.75) is 12.8 Å². The van der Waals surface area contributed by atoms with Crippen molar-refractivity contribution in [2.75, 3.05) is 37.6 Å². The molecule has 1 fully saturated rings. The summed E-state index contributed by atoms with van der Waals surface area (Å²) in [6.45, 7) is 5.10. The number of benzene rings is 1. The van der Waals surface area contributed by atoms with Crippen LogP contribution in [0.2, 0.25) is 0 Å². The topological polar surface area (TPSA) is 65.4 Å². The van der Waals surface area contributed by atoms with Crippen LogP contribution in [-0.2, 0) is 4.79 Å². The van der Waals surface area contributed by atoms with Crippen molar-refractivity contribution in [3.63, 3.8) is 0 Å². The minimum Gasteiger partial charge on any atom is -0.370 e. The van der Waals surface area contributed by atoms with Crippen LogP contribution in [0.4, 0.5) is 5.69 Å². The lowest BCUT2D eigenvalue weighted by Gasteiger charge is -2.36. The van der Waals surface area contributed by atoms with Gasteiger partial charge in [-0.15, -0.1) is 0 Å². The molecule has 5 heteroatoms. The van der Waals surface area contributed by atoms with Gasteiger partial charge >= 0.3 is 0 Å². The summed E-state index contributed by atoms with van der Waals surface area (Å²) < 4.78 is 0. The summed E-state index contributed by atoms with van der Waals surface area (Å²) in [5.41, 5.74) is 7.68. The highest BCUT2D eigenvalue weighted by Crippen LogP contribution is 2.26. The summed E-state index contributed by atoms with van der Waals surface area (Å²) in [4.78, 5) is 18.9. The van der Waals surface area contributed by atoms with Crippen LogP contribution < -0.4 is 10.6 Å². The van der Waals surface area contributed by atoms with Crippen LogP contribution in [-0.4, -0.2) is 48.5 Å². The molecule has 0 aliphatic carbocycles. The summed E-state index contributed by atoms with van der Waals surface area (Å²) in [5.74, 6) is -0.201. The molecule has 1 aromatic heterocycles. The molecule has 0 radical (unpaired) electrons. The number of amides is 1. The molecule has 0 unspecified atom stereocenters. The van der Waals surface area contributed by atoms with Gasteiger partial charge in [0.1, 0.15) is 0 Å². The van der Waals surface area contributed by atoms with Crippen LogP contribution in [0.25, 0.3) is 10.9 Å². The van der Waals surface area contributed by atoms with Gasteiger partial charge in [-0.25, -0.2) is 0 Å². The quantitative estimate of drug-likeness (QED) is 0.876. The number of nitrogens with zero attached hydrogens (tertiary/aromatic N) is 2. The number of carbonyl (C=O) groups excluding carboxylic acids is 1. The molecule has 0 spiro atoms. The van der Waals surface area contributed by atoms with Crippen molar-refractivity contribution < 1.29 is 4.79 Å². The van der Waals surface area contributed by atoms with Gasteiger partial charge in [0.15, 0.2) is 0 Å². The third kappa shape index (κ3) is 3.19. The van der Waals surface area contributed by atoms with E-state index >= 15 is 0 Å². The molecule has 5 nitrogen and oxygen atoms in total. The number of rotatable bonds is 5. The second-order valence-electron chi connectivity index (χ2n) is 5.61. The number of piperazine rings is 1. The zero-order valence-corrected chi connectivity index (χ0v) is 12.2. The summed E-state index contributed by atoms with van der Waals surface area (Å²) in [5, 5.41) is 1.29. The van der Waals surface area contributed by atoms with Gasteiger partial charge in [0.2, 0.25) is 5.91 Å². The predicted octanol–water partition coefficient (Wildman–Crippen LogP) is 1.56. The predicted molar refractivity (Wildman–Crippen MR) is 85.4 cm³/mol. The van der Waals surface area contributed by atoms with Crippen LogP contribution in [0.1, 0.15) is 12.8 Å². The Kier molecular flexibility index (Phi) is 4.10. The molecule has 1 aliphatic heterocycles. The fourth-order valence-electron chi connectivity index (χ4n) is 3.03. The van der Waals surface area contributed by atoms with Crippen LogP contribution in [0.3, 0.4) is 0 Å². The molecular weight excluding hydrogens is 264 g/mol. The van der Waals surface area contributed by atoms with E-state index in [0.29, 0.717) is 6.42 Å². The zero-order chi connectivity index (χ0) is 14.7. The zero-order valence-electron chi connectivity index (χ0n) is 12.2. The van der Waals surface area contributed by atoms with Gasteiger partial charge in [0.25, 0.3) is 0 Å². The Morgan fingerprint density at radius 3 is 2.76 bits per heavy atom. The van der Waals surface area contributed by atoms with Crippen molar-refractivity contribution in [2.24, 2.45) is 5.73 Å². The molecule has 112 valence electrons. The Bertz CT molecular complexity index is 614. The Labute approximate surface area is 124 Å². The van der Waals surface area contributed by atoms with Crippen molar-refractivity contribution in [3.8, 4) is 0 Å². The summed E-state index contributed by atoms with van der Waals surface area (Å²) in [6, 6.07) is 8.55. The van der Waals surface area contributed by atoms with Gasteiger partial charge in [-0.1, -0.05) is 6.07 Å². The van der Waals surface area contributed by atoms with E-state index in [1.807, 2.05) is 6.20 Å². The number of aromatic amines is 1. The molecule has 1 amide bonds. The van der Waals surface area contributed by atoms with Gasteiger partial charge in [-0.05, 0) is 31.2 Å². The maximum atomic E-state index is 10.8. The normalized spacial score (nSPS) is 16.5. The van der Waals surface area contributed by atoms with Gasteiger partial charge in [0.05, 0.1) is 0 Å². The standard InChI is InChI=1S/C16H22N4O/c17-16(21)5-2-8-19-9-11-20(12-10-19)15-4-1-3-14-13(15)6-7-18-14/h1,3-4,6-7,18H,2,5,8-12H2,(H2,17,21).